The highest BCUT2D eigenvalue weighted by Crippen LogP contribution is 2.30. The molecule has 0 unspecified atom stereocenters. The Kier molecular flexibility index (Phi) is 5.10. The van der Waals surface area contributed by atoms with Crippen LogP contribution < -0.4 is 5.32 Å². The van der Waals surface area contributed by atoms with Gasteiger partial charge in [0.25, 0.3) is 0 Å². The molecule has 1 aliphatic carbocycles. The van der Waals surface area contributed by atoms with Gasteiger partial charge in [-0.3, -0.25) is 4.98 Å². The minimum atomic E-state index is 0.897. The number of rotatable bonds is 6. The van der Waals surface area contributed by atoms with E-state index >= 15 is 0 Å². The van der Waals surface area contributed by atoms with E-state index in [0.29, 0.717) is 0 Å². The molecule has 0 aliphatic heterocycles. The average molecular weight is 251 g/mol. The second-order valence-electron chi connectivity index (χ2n) is 4.63. The molecule has 0 amide bonds. The number of hydrogen-bond donors (Lipinski definition) is 1. The van der Waals surface area contributed by atoms with Crippen molar-refractivity contribution in [1.29, 1.82) is 0 Å². The van der Waals surface area contributed by atoms with Crippen LogP contribution in [0.15, 0.2) is 17.4 Å². The van der Waals surface area contributed by atoms with E-state index in [-0.39, 0.29) is 0 Å². The van der Waals surface area contributed by atoms with Crippen molar-refractivity contribution in [3.63, 3.8) is 0 Å². The molecule has 0 saturated heterocycles. The predicted octanol–water partition coefficient (Wildman–Crippen LogP) is 3.58. The Hall–Kier alpha value is -0.770. The standard InChI is InChI=1S/C13H21N3S/c1-2-7-15-12-8-14-9-13(16-12)17-10-11-5-3-4-6-11/h8-9,11H,2-7,10H2,1H3,(H,15,16). The van der Waals surface area contributed by atoms with Crippen molar-refractivity contribution in [2.45, 2.75) is 44.1 Å². The lowest BCUT2D eigenvalue weighted by atomic mass is 10.1. The molecule has 3 nitrogen and oxygen atoms in total. The Morgan fingerprint density at radius 2 is 2.18 bits per heavy atom. The van der Waals surface area contributed by atoms with Gasteiger partial charge < -0.3 is 5.32 Å². The molecular weight excluding hydrogens is 230 g/mol. The summed E-state index contributed by atoms with van der Waals surface area (Å²) in [5.74, 6) is 3.00. The SMILES string of the molecule is CCCNc1cncc(SCC2CCCC2)n1. The van der Waals surface area contributed by atoms with Gasteiger partial charge in [0, 0.05) is 12.3 Å². The molecule has 1 N–H and O–H groups in total. The number of hydrogen-bond acceptors (Lipinski definition) is 4. The van der Waals surface area contributed by atoms with E-state index in [4.69, 9.17) is 0 Å². The summed E-state index contributed by atoms with van der Waals surface area (Å²) in [7, 11) is 0. The minimum Gasteiger partial charge on any atom is -0.369 e. The predicted molar refractivity (Wildman–Crippen MR) is 73.5 cm³/mol. The molecule has 1 aromatic rings. The Labute approximate surface area is 108 Å². The number of nitrogens with one attached hydrogen (secondary N) is 1. The second-order valence-corrected chi connectivity index (χ2v) is 5.67. The van der Waals surface area contributed by atoms with Crippen molar-refractivity contribution in [1.82, 2.24) is 9.97 Å². The zero-order valence-electron chi connectivity index (χ0n) is 10.5. The summed E-state index contributed by atoms with van der Waals surface area (Å²) in [5, 5.41) is 4.33. The largest absolute Gasteiger partial charge is 0.369 e. The second kappa shape index (κ2) is 6.84. The van der Waals surface area contributed by atoms with E-state index in [2.05, 4.69) is 22.2 Å². The Morgan fingerprint density at radius 3 is 2.94 bits per heavy atom. The van der Waals surface area contributed by atoms with Gasteiger partial charge in [-0.15, -0.1) is 11.8 Å². The highest BCUT2D eigenvalue weighted by Gasteiger charge is 2.15. The summed E-state index contributed by atoms with van der Waals surface area (Å²) < 4.78 is 0. The first-order chi connectivity index (χ1) is 8.38. The maximum absolute atomic E-state index is 4.56. The van der Waals surface area contributed by atoms with E-state index in [1.165, 1.54) is 31.4 Å². The van der Waals surface area contributed by atoms with Gasteiger partial charge >= 0.3 is 0 Å². The monoisotopic (exact) mass is 251 g/mol. The molecule has 0 bridgehead atoms. The summed E-state index contributed by atoms with van der Waals surface area (Å²) in [6.45, 7) is 3.12. The molecule has 1 heterocycles. The minimum absolute atomic E-state index is 0.897. The van der Waals surface area contributed by atoms with Gasteiger partial charge in [-0.25, -0.2) is 4.98 Å². The van der Waals surface area contributed by atoms with Crippen molar-refractivity contribution in [3.05, 3.63) is 12.4 Å². The van der Waals surface area contributed by atoms with Crippen LogP contribution in [0.4, 0.5) is 5.82 Å². The first kappa shape index (κ1) is 12.7. The van der Waals surface area contributed by atoms with E-state index in [1.807, 2.05) is 18.0 Å². The molecule has 4 heteroatoms. The number of anilines is 1. The fraction of sp³-hybridized carbons (Fsp3) is 0.692. The van der Waals surface area contributed by atoms with Crippen LogP contribution in [0.5, 0.6) is 0 Å². The first-order valence-electron chi connectivity index (χ1n) is 6.57. The summed E-state index contributed by atoms with van der Waals surface area (Å²) in [5.41, 5.74) is 0. The van der Waals surface area contributed by atoms with Crippen molar-refractivity contribution in [2.24, 2.45) is 5.92 Å². The molecule has 17 heavy (non-hydrogen) atoms. The Morgan fingerprint density at radius 1 is 1.35 bits per heavy atom. The number of thioether (sulfide) groups is 1. The van der Waals surface area contributed by atoms with Gasteiger partial charge in [-0.2, -0.15) is 0 Å². The third-order valence-corrected chi connectivity index (χ3v) is 4.24. The van der Waals surface area contributed by atoms with Crippen LogP contribution in [0.25, 0.3) is 0 Å². The summed E-state index contributed by atoms with van der Waals surface area (Å²) >= 11 is 1.85. The molecule has 0 spiro atoms. The lowest BCUT2D eigenvalue weighted by Crippen LogP contribution is -2.03. The fourth-order valence-electron chi connectivity index (χ4n) is 2.14. The van der Waals surface area contributed by atoms with Crippen molar-refractivity contribution < 1.29 is 0 Å². The molecule has 1 fully saturated rings. The fourth-order valence-corrected chi connectivity index (χ4v) is 3.17. The van der Waals surface area contributed by atoms with Crippen molar-refractivity contribution >= 4 is 17.6 Å². The lowest BCUT2D eigenvalue weighted by molar-refractivity contribution is 0.623. The third kappa shape index (κ3) is 4.19. The van der Waals surface area contributed by atoms with E-state index < -0.39 is 0 Å². The van der Waals surface area contributed by atoms with Gasteiger partial charge in [-0.05, 0) is 25.2 Å². The van der Waals surface area contributed by atoms with Gasteiger partial charge in [0.15, 0.2) is 0 Å². The van der Waals surface area contributed by atoms with Crippen molar-refractivity contribution in [3.8, 4) is 0 Å². The van der Waals surface area contributed by atoms with Gasteiger partial charge in [0.2, 0.25) is 0 Å². The Bertz CT molecular complexity index is 337. The summed E-state index contributed by atoms with van der Waals surface area (Å²) in [6.07, 6.45) is 10.4. The molecule has 2 rings (SSSR count). The maximum Gasteiger partial charge on any atom is 0.145 e. The van der Waals surface area contributed by atoms with Crippen LogP contribution in [-0.2, 0) is 0 Å². The molecule has 0 aromatic carbocycles. The van der Waals surface area contributed by atoms with Crippen molar-refractivity contribution in [2.75, 3.05) is 17.6 Å². The highest BCUT2D eigenvalue weighted by molar-refractivity contribution is 7.99. The smallest absolute Gasteiger partial charge is 0.145 e. The number of aromatic nitrogens is 2. The van der Waals surface area contributed by atoms with Gasteiger partial charge in [0.05, 0.1) is 12.4 Å². The third-order valence-electron chi connectivity index (χ3n) is 3.11. The molecule has 1 aliphatic rings. The van der Waals surface area contributed by atoms with Crippen LogP contribution in [0, 0.1) is 5.92 Å². The van der Waals surface area contributed by atoms with Crippen LogP contribution in [-0.4, -0.2) is 22.3 Å². The zero-order chi connectivity index (χ0) is 11.9. The maximum atomic E-state index is 4.56. The lowest BCUT2D eigenvalue weighted by Gasteiger charge is -2.08. The van der Waals surface area contributed by atoms with Gasteiger partial charge in [0.1, 0.15) is 10.8 Å². The van der Waals surface area contributed by atoms with Crippen LogP contribution in [0.1, 0.15) is 39.0 Å². The molecule has 1 aromatic heterocycles. The average Bonchev–Trinajstić information content (AvgIpc) is 2.87. The molecule has 1 saturated carbocycles. The first-order valence-corrected chi connectivity index (χ1v) is 7.55. The molecular formula is C13H21N3S. The van der Waals surface area contributed by atoms with Crippen LogP contribution >= 0.6 is 11.8 Å². The highest BCUT2D eigenvalue weighted by atomic mass is 32.2. The van der Waals surface area contributed by atoms with Gasteiger partial charge in [-0.1, -0.05) is 19.8 Å². The van der Waals surface area contributed by atoms with Crippen LogP contribution in [0.3, 0.4) is 0 Å². The topological polar surface area (TPSA) is 37.8 Å². The quantitative estimate of drug-likeness (QED) is 0.784. The van der Waals surface area contributed by atoms with E-state index in [0.717, 1.165) is 29.7 Å². The van der Waals surface area contributed by atoms with Crippen LogP contribution in [0.2, 0.25) is 0 Å². The Balaban J connectivity index is 1.82. The summed E-state index contributed by atoms with van der Waals surface area (Å²) in [4.78, 5) is 8.80. The normalized spacial score (nSPS) is 16.3. The molecule has 0 atom stereocenters. The summed E-state index contributed by atoms with van der Waals surface area (Å²) in [6, 6.07) is 0. The molecule has 0 radical (unpaired) electrons. The zero-order valence-corrected chi connectivity index (χ0v) is 11.3. The molecule has 94 valence electrons. The number of nitrogens with zero attached hydrogens (tertiary/aromatic N) is 2. The van der Waals surface area contributed by atoms with E-state index in [1.54, 1.807) is 6.20 Å². The van der Waals surface area contributed by atoms with E-state index in [9.17, 15) is 0 Å².